The zero-order chi connectivity index (χ0) is 15.0. The number of amides is 2. The second-order valence-corrected chi connectivity index (χ2v) is 6.33. The number of nitrogens with zero attached hydrogens (tertiary/aromatic N) is 2. The lowest BCUT2D eigenvalue weighted by Crippen LogP contribution is -2.57. The molecule has 1 aromatic rings. The first kappa shape index (κ1) is 14.1. The lowest BCUT2D eigenvalue weighted by molar-refractivity contribution is -0.128. The summed E-state index contributed by atoms with van der Waals surface area (Å²) in [6.45, 7) is 5.10. The molecule has 0 aromatic carbocycles. The fraction of sp³-hybridized carbons (Fsp3) is 0.667. The van der Waals surface area contributed by atoms with Crippen LogP contribution in [0, 0.1) is 5.92 Å². The monoisotopic (exact) mass is 291 g/mol. The van der Waals surface area contributed by atoms with Gasteiger partial charge in [-0.3, -0.25) is 9.59 Å². The Morgan fingerprint density at radius 3 is 2.95 bits per heavy atom. The Hall–Kier alpha value is -1.85. The molecule has 0 bridgehead atoms. The molecule has 0 radical (unpaired) electrons. The first-order chi connectivity index (χ1) is 10.1. The highest BCUT2D eigenvalue weighted by Crippen LogP contribution is 2.39. The molecule has 0 spiro atoms. The zero-order valence-electron chi connectivity index (χ0n) is 12.5. The first-order valence-electron chi connectivity index (χ1n) is 7.61. The van der Waals surface area contributed by atoms with E-state index in [1.807, 2.05) is 13.8 Å². The molecule has 1 N–H and O–H groups in total. The summed E-state index contributed by atoms with van der Waals surface area (Å²) in [5.74, 6) is 0.734. The highest BCUT2D eigenvalue weighted by Gasteiger charge is 2.36. The highest BCUT2D eigenvalue weighted by atomic mass is 16.5. The lowest BCUT2D eigenvalue weighted by Gasteiger charge is -2.35. The van der Waals surface area contributed by atoms with E-state index in [0.717, 1.165) is 18.5 Å². The average molecular weight is 291 g/mol. The minimum atomic E-state index is -0.416. The molecule has 1 aromatic heterocycles. The Morgan fingerprint density at radius 2 is 2.29 bits per heavy atom. The van der Waals surface area contributed by atoms with Crippen LogP contribution in [0.3, 0.4) is 0 Å². The van der Waals surface area contributed by atoms with Gasteiger partial charge < -0.3 is 14.7 Å². The van der Waals surface area contributed by atoms with Crippen LogP contribution in [0.4, 0.5) is 0 Å². The molecule has 6 nitrogen and oxygen atoms in total. The van der Waals surface area contributed by atoms with Crippen molar-refractivity contribution in [1.82, 2.24) is 15.4 Å². The fourth-order valence-electron chi connectivity index (χ4n) is 2.74. The average Bonchev–Trinajstić information content (AvgIpc) is 3.18. The highest BCUT2D eigenvalue weighted by molar-refractivity contribution is 5.96. The van der Waals surface area contributed by atoms with Crippen molar-refractivity contribution in [2.75, 3.05) is 13.1 Å². The molecule has 1 saturated heterocycles. The van der Waals surface area contributed by atoms with Gasteiger partial charge in [0.15, 0.2) is 0 Å². The van der Waals surface area contributed by atoms with Crippen LogP contribution >= 0.6 is 0 Å². The normalized spacial score (nSPS) is 22.5. The minimum absolute atomic E-state index is 0.0785. The van der Waals surface area contributed by atoms with Crippen molar-refractivity contribution in [3.05, 3.63) is 17.5 Å². The second kappa shape index (κ2) is 5.50. The molecule has 1 aliphatic carbocycles. The van der Waals surface area contributed by atoms with Crippen LogP contribution in [0.15, 0.2) is 10.6 Å². The zero-order valence-corrected chi connectivity index (χ0v) is 12.5. The Bertz CT molecular complexity index is 548. The summed E-state index contributed by atoms with van der Waals surface area (Å²) < 4.78 is 5.20. The van der Waals surface area contributed by atoms with Crippen LogP contribution in [0.1, 0.15) is 55.3 Å². The number of hydrogen-bond donors (Lipinski definition) is 1. The summed E-state index contributed by atoms with van der Waals surface area (Å²) in [5.41, 5.74) is 0.861. The van der Waals surface area contributed by atoms with Crippen molar-refractivity contribution < 1.29 is 14.1 Å². The number of carbonyl (C=O) groups is 2. The van der Waals surface area contributed by atoms with Gasteiger partial charge in [-0.15, -0.1) is 0 Å². The van der Waals surface area contributed by atoms with Gasteiger partial charge in [0.25, 0.3) is 5.91 Å². The Balaban J connectivity index is 1.77. The summed E-state index contributed by atoms with van der Waals surface area (Å²) in [5, 5.41) is 6.80. The van der Waals surface area contributed by atoms with E-state index < -0.39 is 6.04 Å². The van der Waals surface area contributed by atoms with Crippen LogP contribution in [-0.4, -0.2) is 41.0 Å². The minimum Gasteiger partial charge on any atom is -0.353 e. The summed E-state index contributed by atoms with van der Waals surface area (Å²) in [7, 11) is 0. The molecule has 2 aliphatic rings. The van der Waals surface area contributed by atoms with Gasteiger partial charge in [0, 0.05) is 25.1 Å². The van der Waals surface area contributed by atoms with Gasteiger partial charge in [0.1, 0.15) is 6.04 Å². The topological polar surface area (TPSA) is 75.4 Å². The predicted octanol–water partition coefficient (Wildman–Crippen LogP) is 1.54. The van der Waals surface area contributed by atoms with Gasteiger partial charge >= 0.3 is 0 Å². The molecule has 6 heteroatoms. The number of hydrogen-bond acceptors (Lipinski definition) is 4. The van der Waals surface area contributed by atoms with Crippen LogP contribution < -0.4 is 5.32 Å². The quantitative estimate of drug-likeness (QED) is 0.913. The van der Waals surface area contributed by atoms with E-state index in [1.54, 1.807) is 11.0 Å². The molecular weight excluding hydrogens is 270 g/mol. The lowest BCUT2D eigenvalue weighted by atomic mass is 10.00. The number of aromatic nitrogens is 1. The van der Waals surface area contributed by atoms with E-state index in [-0.39, 0.29) is 17.6 Å². The Kier molecular flexibility index (Phi) is 3.69. The second-order valence-electron chi connectivity index (χ2n) is 6.33. The standard InChI is InChI=1S/C15H21N3O3/c1-9(2)7-12-14(19)16-5-6-18(12)15(20)13-8-11(17-21-13)10-3-4-10/h8-10,12H,3-7H2,1-2H3,(H,16,19). The van der Waals surface area contributed by atoms with E-state index in [0.29, 0.717) is 31.3 Å². The van der Waals surface area contributed by atoms with Crippen molar-refractivity contribution in [3.63, 3.8) is 0 Å². The molecule has 1 unspecified atom stereocenters. The van der Waals surface area contributed by atoms with Gasteiger partial charge in [-0.25, -0.2) is 0 Å². The molecule has 114 valence electrons. The van der Waals surface area contributed by atoms with Crippen LogP contribution in [-0.2, 0) is 4.79 Å². The fourth-order valence-corrected chi connectivity index (χ4v) is 2.74. The SMILES string of the molecule is CC(C)CC1C(=O)NCCN1C(=O)c1cc(C2CC2)no1. The van der Waals surface area contributed by atoms with Crippen molar-refractivity contribution in [2.45, 2.75) is 45.1 Å². The first-order valence-corrected chi connectivity index (χ1v) is 7.61. The summed E-state index contributed by atoms with van der Waals surface area (Å²) in [6.07, 6.45) is 2.88. The molecule has 2 amide bonds. The van der Waals surface area contributed by atoms with Crippen LogP contribution in [0.2, 0.25) is 0 Å². The van der Waals surface area contributed by atoms with Crippen LogP contribution in [0.5, 0.6) is 0 Å². The third-order valence-electron chi connectivity index (χ3n) is 4.02. The molecule has 1 atom stereocenters. The van der Waals surface area contributed by atoms with Crippen molar-refractivity contribution in [1.29, 1.82) is 0 Å². The summed E-state index contributed by atoms with van der Waals surface area (Å²) >= 11 is 0. The molecular formula is C15H21N3O3. The predicted molar refractivity (Wildman–Crippen MR) is 75.8 cm³/mol. The maximum absolute atomic E-state index is 12.6. The van der Waals surface area contributed by atoms with Crippen molar-refractivity contribution in [3.8, 4) is 0 Å². The van der Waals surface area contributed by atoms with Gasteiger partial charge in [-0.1, -0.05) is 19.0 Å². The number of rotatable bonds is 4. The molecule has 1 aliphatic heterocycles. The van der Waals surface area contributed by atoms with Gasteiger partial charge in [-0.2, -0.15) is 0 Å². The number of piperazine rings is 1. The smallest absolute Gasteiger partial charge is 0.293 e. The largest absolute Gasteiger partial charge is 0.353 e. The third-order valence-corrected chi connectivity index (χ3v) is 4.02. The Morgan fingerprint density at radius 1 is 1.52 bits per heavy atom. The number of carbonyl (C=O) groups excluding carboxylic acids is 2. The van der Waals surface area contributed by atoms with E-state index in [2.05, 4.69) is 10.5 Å². The molecule has 21 heavy (non-hydrogen) atoms. The maximum atomic E-state index is 12.6. The van der Waals surface area contributed by atoms with Crippen molar-refractivity contribution >= 4 is 11.8 Å². The van der Waals surface area contributed by atoms with Crippen molar-refractivity contribution in [2.24, 2.45) is 5.92 Å². The van der Waals surface area contributed by atoms with E-state index >= 15 is 0 Å². The third kappa shape index (κ3) is 2.94. The van der Waals surface area contributed by atoms with E-state index in [4.69, 9.17) is 4.52 Å². The van der Waals surface area contributed by atoms with Crippen LogP contribution in [0.25, 0.3) is 0 Å². The Labute approximate surface area is 123 Å². The van der Waals surface area contributed by atoms with E-state index in [1.165, 1.54) is 0 Å². The maximum Gasteiger partial charge on any atom is 0.293 e. The van der Waals surface area contributed by atoms with E-state index in [9.17, 15) is 9.59 Å². The van der Waals surface area contributed by atoms with Gasteiger partial charge in [0.2, 0.25) is 11.7 Å². The molecule has 3 rings (SSSR count). The summed E-state index contributed by atoms with van der Waals surface area (Å²) in [4.78, 5) is 26.3. The molecule has 1 saturated carbocycles. The summed E-state index contributed by atoms with van der Waals surface area (Å²) in [6, 6.07) is 1.32. The van der Waals surface area contributed by atoms with Gasteiger partial charge in [-0.05, 0) is 25.2 Å². The number of nitrogens with one attached hydrogen (secondary N) is 1. The molecule has 2 heterocycles. The van der Waals surface area contributed by atoms with Gasteiger partial charge in [0.05, 0.1) is 5.69 Å². The molecule has 2 fully saturated rings.